The summed E-state index contributed by atoms with van der Waals surface area (Å²) in [5.74, 6) is -1.41. The maximum absolute atomic E-state index is 12.4. The summed E-state index contributed by atoms with van der Waals surface area (Å²) < 4.78 is 0. The van der Waals surface area contributed by atoms with Crippen molar-refractivity contribution in [3.8, 4) is 0 Å². The number of rotatable bonds is 5. The molecule has 6 nitrogen and oxygen atoms in total. The van der Waals surface area contributed by atoms with Crippen LogP contribution in [0.25, 0.3) is 0 Å². The maximum atomic E-state index is 12.4. The van der Waals surface area contributed by atoms with Crippen LogP contribution in [0.1, 0.15) is 42.5 Å². The molecular weight excluding hydrogens is 284 g/mol. The highest BCUT2D eigenvalue weighted by molar-refractivity contribution is 5.97. The van der Waals surface area contributed by atoms with Gasteiger partial charge in [-0.05, 0) is 37.5 Å². The number of carboxylic acid groups (broad SMARTS) is 1. The van der Waals surface area contributed by atoms with Crippen molar-refractivity contribution in [1.82, 2.24) is 4.90 Å². The SMILES string of the molecule is O=C(O)CCC(=O)Nc1cccc(C(=O)N2CCCCC2)c1. The minimum atomic E-state index is -1.01. The summed E-state index contributed by atoms with van der Waals surface area (Å²) in [6.07, 6.45) is 2.91. The molecule has 0 saturated carbocycles. The van der Waals surface area contributed by atoms with Crippen molar-refractivity contribution in [1.29, 1.82) is 0 Å². The van der Waals surface area contributed by atoms with E-state index < -0.39 is 5.97 Å². The summed E-state index contributed by atoms with van der Waals surface area (Å²) in [4.78, 5) is 36.3. The van der Waals surface area contributed by atoms with Crippen molar-refractivity contribution in [2.24, 2.45) is 0 Å². The summed E-state index contributed by atoms with van der Waals surface area (Å²) in [6.45, 7) is 1.54. The van der Waals surface area contributed by atoms with Crippen molar-refractivity contribution in [2.75, 3.05) is 18.4 Å². The summed E-state index contributed by atoms with van der Waals surface area (Å²) in [5, 5.41) is 11.2. The van der Waals surface area contributed by atoms with E-state index in [1.807, 2.05) is 4.90 Å². The average molecular weight is 304 g/mol. The number of nitrogens with one attached hydrogen (secondary N) is 1. The Labute approximate surface area is 129 Å². The van der Waals surface area contributed by atoms with Gasteiger partial charge in [0.05, 0.1) is 6.42 Å². The van der Waals surface area contributed by atoms with Crippen LogP contribution in [0.3, 0.4) is 0 Å². The lowest BCUT2D eigenvalue weighted by molar-refractivity contribution is -0.138. The van der Waals surface area contributed by atoms with Gasteiger partial charge in [0.2, 0.25) is 5.91 Å². The lowest BCUT2D eigenvalue weighted by Crippen LogP contribution is -2.35. The molecule has 2 rings (SSSR count). The van der Waals surface area contributed by atoms with Crippen molar-refractivity contribution in [3.05, 3.63) is 29.8 Å². The van der Waals surface area contributed by atoms with Crippen LogP contribution in [0.4, 0.5) is 5.69 Å². The molecule has 1 aromatic carbocycles. The van der Waals surface area contributed by atoms with E-state index in [1.54, 1.807) is 24.3 Å². The molecule has 22 heavy (non-hydrogen) atoms. The number of hydrogen-bond donors (Lipinski definition) is 2. The van der Waals surface area contributed by atoms with Gasteiger partial charge in [-0.3, -0.25) is 14.4 Å². The third-order valence-corrected chi connectivity index (χ3v) is 3.60. The highest BCUT2D eigenvalue weighted by atomic mass is 16.4. The number of benzene rings is 1. The largest absolute Gasteiger partial charge is 0.481 e. The van der Waals surface area contributed by atoms with Gasteiger partial charge >= 0.3 is 5.97 Å². The van der Waals surface area contributed by atoms with Gasteiger partial charge in [0.25, 0.3) is 5.91 Å². The number of aliphatic carboxylic acids is 1. The molecule has 1 fully saturated rings. The molecule has 118 valence electrons. The van der Waals surface area contributed by atoms with E-state index in [9.17, 15) is 14.4 Å². The quantitative estimate of drug-likeness (QED) is 0.872. The van der Waals surface area contributed by atoms with Gasteiger partial charge in [0.1, 0.15) is 0 Å². The van der Waals surface area contributed by atoms with E-state index in [1.165, 1.54) is 0 Å². The number of carboxylic acids is 1. The third-order valence-electron chi connectivity index (χ3n) is 3.60. The van der Waals surface area contributed by atoms with Crippen LogP contribution in [0, 0.1) is 0 Å². The Bertz CT molecular complexity index is 565. The molecule has 0 unspecified atom stereocenters. The first-order chi connectivity index (χ1) is 10.6. The average Bonchev–Trinajstić information content (AvgIpc) is 2.53. The Morgan fingerprint density at radius 1 is 1.09 bits per heavy atom. The number of carbonyl (C=O) groups is 3. The molecule has 1 saturated heterocycles. The minimum absolute atomic E-state index is 0.0265. The fraction of sp³-hybridized carbons (Fsp3) is 0.438. The van der Waals surface area contributed by atoms with Crippen LogP contribution in [-0.4, -0.2) is 40.9 Å². The Morgan fingerprint density at radius 2 is 1.82 bits per heavy atom. The fourth-order valence-corrected chi connectivity index (χ4v) is 2.45. The normalized spacial score (nSPS) is 14.5. The first kappa shape index (κ1) is 16.0. The Balaban J connectivity index is 1.98. The van der Waals surface area contributed by atoms with Crippen molar-refractivity contribution >= 4 is 23.5 Å². The summed E-state index contributed by atoms with van der Waals surface area (Å²) in [6, 6.07) is 6.76. The highest BCUT2D eigenvalue weighted by Crippen LogP contribution is 2.16. The van der Waals surface area contributed by atoms with E-state index in [4.69, 9.17) is 5.11 Å². The van der Waals surface area contributed by atoms with Crippen LogP contribution >= 0.6 is 0 Å². The lowest BCUT2D eigenvalue weighted by Gasteiger charge is -2.26. The molecule has 6 heteroatoms. The number of likely N-dealkylation sites (tertiary alicyclic amines) is 1. The third kappa shape index (κ3) is 4.58. The number of amides is 2. The van der Waals surface area contributed by atoms with Crippen LogP contribution < -0.4 is 5.32 Å². The van der Waals surface area contributed by atoms with Gasteiger partial charge < -0.3 is 15.3 Å². The van der Waals surface area contributed by atoms with Crippen LogP contribution in [0.2, 0.25) is 0 Å². The fourth-order valence-electron chi connectivity index (χ4n) is 2.45. The summed E-state index contributed by atoms with van der Waals surface area (Å²) >= 11 is 0. The zero-order valence-electron chi connectivity index (χ0n) is 12.4. The van der Waals surface area contributed by atoms with Gasteiger partial charge in [-0.1, -0.05) is 6.07 Å². The predicted molar refractivity (Wildman–Crippen MR) is 81.7 cm³/mol. The molecule has 0 radical (unpaired) electrons. The smallest absolute Gasteiger partial charge is 0.303 e. The molecule has 2 N–H and O–H groups in total. The van der Waals surface area contributed by atoms with Gasteiger partial charge in [-0.25, -0.2) is 0 Å². The number of nitrogens with zero attached hydrogens (tertiary/aromatic N) is 1. The van der Waals surface area contributed by atoms with Crippen LogP contribution in [-0.2, 0) is 9.59 Å². The van der Waals surface area contributed by atoms with Crippen molar-refractivity contribution in [2.45, 2.75) is 32.1 Å². The number of hydrogen-bond acceptors (Lipinski definition) is 3. The Hall–Kier alpha value is -2.37. The molecular formula is C16H20N2O4. The number of carbonyl (C=O) groups excluding carboxylic acids is 2. The Morgan fingerprint density at radius 3 is 2.50 bits per heavy atom. The molecule has 1 heterocycles. The topological polar surface area (TPSA) is 86.7 Å². The number of piperidine rings is 1. The molecule has 1 aromatic rings. The van der Waals surface area contributed by atoms with Gasteiger partial charge in [-0.15, -0.1) is 0 Å². The first-order valence-electron chi connectivity index (χ1n) is 7.47. The van der Waals surface area contributed by atoms with Crippen LogP contribution in [0.5, 0.6) is 0 Å². The lowest BCUT2D eigenvalue weighted by atomic mass is 10.1. The molecule has 1 aliphatic rings. The molecule has 1 aliphatic heterocycles. The molecule has 0 aliphatic carbocycles. The summed E-state index contributed by atoms with van der Waals surface area (Å²) in [5.41, 5.74) is 1.05. The van der Waals surface area contributed by atoms with E-state index >= 15 is 0 Å². The van der Waals surface area contributed by atoms with Crippen molar-refractivity contribution < 1.29 is 19.5 Å². The van der Waals surface area contributed by atoms with E-state index in [-0.39, 0.29) is 24.7 Å². The van der Waals surface area contributed by atoms with Crippen molar-refractivity contribution in [3.63, 3.8) is 0 Å². The van der Waals surface area contributed by atoms with Crippen LogP contribution in [0.15, 0.2) is 24.3 Å². The second kappa shape index (κ2) is 7.59. The van der Waals surface area contributed by atoms with E-state index in [0.717, 1.165) is 32.4 Å². The van der Waals surface area contributed by atoms with E-state index in [0.29, 0.717) is 11.3 Å². The Kier molecular flexibility index (Phi) is 5.52. The second-order valence-corrected chi connectivity index (χ2v) is 5.38. The molecule has 0 spiro atoms. The minimum Gasteiger partial charge on any atom is -0.481 e. The van der Waals surface area contributed by atoms with Gasteiger partial charge in [0.15, 0.2) is 0 Å². The standard InChI is InChI=1S/C16H20N2O4/c19-14(7-8-15(20)21)17-13-6-4-5-12(11-13)16(22)18-9-2-1-3-10-18/h4-6,11H,1-3,7-10H2,(H,17,19)(H,20,21). The molecule has 2 amide bonds. The summed E-state index contributed by atoms with van der Waals surface area (Å²) in [7, 11) is 0. The zero-order chi connectivity index (χ0) is 15.9. The zero-order valence-corrected chi connectivity index (χ0v) is 12.4. The molecule has 0 bridgehead atoms. The molecule has 0 aromatic heterocycles. The predicted octanol–water partition coefficient (Wildman–Crippen LogP) is 2.12. The monoisotopic (exact) mass is 304 g/mol. The second-order valence-electron chi connectivity index (χ2n) is 5.38. The van der Waals surface area contributed by atoms with Gasteiger partial charge in [-0.2, -0.15) is 0 Å². The number of anilines is 1. The van der Waals surface area contributed by atoms with Gasteiger partial charge in [0, 0.05) is 30.8 Å². The highest BCUT2D eigenvalue weighted by Gasteiger charge is 2.18. The maximum Gasteiger partial charge on any atom is 0.303 e. The first-order valence-corrected chi connectivity index (χ1v) is 7.47. The van der Waals surface area contributed by atoms with E-state index in [2.05, 4.69) is 5.32 Å². The molecule has 0 atom stereocenters.